The quantitative estimate of drug-likeness (QED) is 0.488. The highest BCUT2D eigenvalue weighted by Crippen LogP contribution is 2.27. The molecule has 0 saturated heterocycles. The minimum atomic E-state index is 0.0752. The van der Waals surface area contributed by atoms with Crippen LogP contribution >= 0.6 is 0 Å². The summed E-state index contributed by atoms with van der Waals surface area (Å²) in [5.74, 6) is 0.607. The maximum absolute atomic E-state index is 12.6. The molecule has 4 rings (SSSR count). The molecule has 1 saturated carbocycles. The van der Waals surface area contributed by atoms with Gasteiger partial charge in [0.15, 0.2) is 0 Å². The van der Waals surface area contributed by atoms with Crippen molar-refractivity contribution in [3.8, 4) is 11.1 Å². The van der Waals surface area contributed by atoms with Gasteiger partial charge in [-0.05, 0) is 60.0 Å². The Balaban J connectivity index is 1.37. The number of amides is 1. The number of fused-ring (bicyclic) bond motifs is 1. The van der Waals surface area contributed by atoms with E-state index < -0.39 is 0 Å². The molecule has 0 atom stereocenters. The maximum Gasteiger partial charge on any atom is 0.239 e. The zero-order chi connectivity index (χ0) is 22.5. The Morgan fingerprint density at radius 1 is 1.03 bits per heavy atom. The van der Waals surface area contributed by atoms with Gasteiger partial charge in [-0.3, -0.25) is 4.79 Å². The van der Waals surface area contributed by atoms with Crippen molar-refractivity contribution < 1.29 is 4.79 Å². The second kappa shape index (κ2) is 10.4. The average Bonchev–Trinajstić information content (AvgIpc) is 3.21. The predicted octanol–water partition coefficient (Wildman–Crippen LogP) is 5.81. The lowest BCUT2D eigenvalue weighted by molar-refractivity contribution is -0.121. The molecule has 1 fully saturated rings. The number of nitrogens with one attached hydrogen (secondary N) is 1. The second-order valence-corrected chi connectivity index (χ2v) is 9.62. The second-order valence-electron chi connectivity index (χ2n) is 9.62. The van der Waals surface area contributed by atoms with E-state index in [0.29, 0.717) is 25.0 Å². The van der Waals surface area contributed by atoms with E-state index in [2.05, 4.69) is 84.2 Å². The summed E-state index contributed by atoms with van der Waals surface area (Å²) in [4.78, 5) is 15.0. The van der Waals surface area contributed by atoms with E-state index in [4.69, 9.17) is 0 Å². The first-order valence-electron chi connectivity index (χ1n) is 12.2. The first kappa shape index (κ1) is 22.6. The molecule has 4 nitrogen and oxygen atoms in total. The molecule has 3 aromatic rings. The molecule has 1 heterocycles. The fraction of sp³-hybridized carbons (Fsp3) is 0.464. The molecule has 0 bridgehead atoms. The van der Waals surface area contributed by atoms with E-state index in [0.717, 1.165) is 17.4 Å². The molecule has 0 radical (unpaired) electrons. The number of hydrogen-bond acceptors (Lipinski definition) is 2. The van der Waals surface area contributed by atoms with Crippen LogP contribution in [-0.2, 0) is 11.3 Å². The van der Waals surface area contributed by atoms with E-state index in [1.807, 2.05) is 6.20 Å². The lowest BCUT2D eigenvalue weighted by atomic mass is 9.94. The number of aromatic nitrogens is 1. The van der Waals surface area contributed by atoms with Crippen molar-refractivity contribution in [1.82, 2.24) is 14.8 Å². The molecular weight excluding hydrogens is 394 g/mol. The van der Waals surface area contributed by atoms with Crippen LogP contribution in [0, 0.1) is 0 Å². The molecule has 1 aliphatic carbocycles. The van der Waals surface area contributed by atoms with Gasteiger partial charge >= 0.3 is 0 Å². The van der Waals surface area contributed by atoms with E-state index in [1.165, 1.54) is 48.8 Å². The van der Waals surface area contributed by atoms with E-state index in [9.17, 15) is 4.79 Å². The van der Waals surface area contributed by atoms with Crippen LogP contribution in [0.1, 0.15) is 57.4 Å². The molecule has 1 amide bonds. The van der Waals surface area contributed by atoms with Crippen LogP contribution in [-0.4, -0.2) is 41.6 Å². The average molecular weight is 432 g/mol. The predicted molar refractivity (Wildman–Crippen MR) is 134 cm³/mol. The monoisotopic (exact) mass is 431 g/mol. The van der Waals surface area contributed by atoms with Gasteiger partial charge in [-0.15, -0.1) is 0 Å². The van der Waals surface area contributed by atoms with Crippen molar-refractivity contribution >= 4 is 16.8 Å². The largest absolute Gasteiger partial charge is 0.353 e. The molecule has 1 aliphatic rings. The third-order valence-electron chi connectivity index (χ3n) is 6.98. The Bertz CT molecular complexity index is 1030. The fourth-order valence-electron chi connectivity index (χ4n) is 4.85. The first-order chi connectivity index (χ1) is 15.5. The zero-order valence-corrected chi connectivity index (χ0v) is 19.8. The number of nitrogens with zero attached hydrogens (tertiary/aromatic N) is 2. The number of carbonyl (C=O) groups excluding carboxylic acids is 1. The summed E-state index contributed by atoms with van der Waals surface area (Å²) in [5, 5.41) is 4.28. The third kappa shape index (κ3) is 5.42. The van der Waals surface area contributed by atoms with Gasteiger partial charge < -0.3 is 14.8 Å². The topological polar surface area (TPSA) is 37.3 Å². The zero-order valence-electron chi connectivity index (χ0n) is 19.8. The van der Waals surface area contributed by atoms with Crippen LogP contribution in [0.4, 0.5) is 0 Å². The van der Waals surface area contributed by atoms with Gasteiger partial charge in [0.2, 0.25) is 5.91 Å². The molecule has 170 valence electrons. The van der Waals surface area contributed by atoms with Crippen LogP contribution in [0.15, 0.2) is 54.7 Å². The molecule has 0 spiro atoms. The lowest BCUT2D eigenvalue weighted by Crippen LogP contribution is -2.40. The van der Waals surface area contributed by atoms with Gasteiger partial charge in [-0.25, -0.2) is 0 Å². The summed E-state index contributed by atoms with van der Waals surface area (Å²) in [6.07, 6.45) is 8.66. The normalized spacial score (nSPS) is 15.0. The molecule has 32 heavy (non-hydrogen) atoms. The highest BCUT2D eigenvalue weighted by atomic mass is 16.1. The Hall–Kier alpha value is -2.59. The van der Waals surface area contributed by atoms with Crippen molar-refractivity contribution in [3.63, 3.8) is 0 Å². The Morgan fingerprint density at radius 3 is 2.47 bits per heavy atom. The van der Waals surface area contributed by atoms with Crippen LogP contribution in [0.3, 0.4) is 0 Å². The molecular formula is C28H37N3O. The van der Waals surface area contributed by atoms with Crippen molar-refractivity contribution in [1.29, 1.82) is 0 Å². The van der Waals surface area contributed by atoms with Gasteiger partial charge in [-0.2, -0.15) is 0 Å². The Labute approximate surface area is 192 Å². The SMILES string of the molecule is CC(C)c1ccc(-c2ccc3ccn(CC(=O)NCCN(C)C4CCCCC4)c3c2)cc1. The van der Waals surface area contributed by atoms with Gasteiger partial charge in [0.25, 0.3) is 0 Å². The van der Waals surface area contributed by atoms with Crippen molar-refractivity contribution in [2.24, 2.45) is 0 Å². The number of rotatable bonds is 8. The van der Waals surface area contributed by atoms with Crippen molar-refractivity contribution in [2.45, 2.75) is 64.5 Å². The lowest BCUT2D eigenvalue weighted by Gasteiger charge is -2.31. The summed E-state index contributed by atoms with van der Waals surface area (Å²) in [5.41, 5.74) is 4.84. The summed E-state index contributed by atoms with van der Waals surface area (Å²) in [6, 6.07) is 18.1. The first-order valence-corrected chi connectivity index (χ1v) is 12.2. The minimum absolute atomic E-state index is 0.0752. The Kier molecular flexibility index (Phi) is 7.31. The van der Waals surface area contributed by atoms with Gasteiger partial charge in [0.1, 0.15) is 6.54 Å². The van der Waals surface area contributed by atoms with Gasteiger partial charge in [-0.1, -0.05) is 69.5 Å². The summed E-state index contributed by atoms with van der Waals surface area (Å²) < 4.78 is 2.06. The van der Waals surface area contributed by atoms with Crippen LogP contribution in [0.2, 0.25) is 0 Å². The molecule has 2 aromatic carbocycles. The molecule has 1 aromatic heterocycles. The number of benzene rings is 2. The molecule has 1 N–H and O–H groups in total. The fourth-order valence-corrected chi connectivity index (χ4v) is 4.85. The number of carbonyl (C=O) groups is 1. The van der Waals surface area contributed by atoms with Crippen molar-refractivity contribution in [3.05, 3.63) is 60.3 Å². The van der Waals surface area contributed by atoms with E-state index in [-0.39, 0.29) is 5.91 Å². The summed E-state index contributed by atoms with van der Waals surface area (Å²) >= 11 is 0. The third-order valence-corrected chi connectivity index (χ3v) is 6.98. The van der Waals surface area contributed by atoms with Crippen LogP contribution in [0.25, 0.3) is 22.0 Å². The van der Waals surface area contributed by atoms with Crippen LogP contribution < -0.4 is 5.32 Å². The molecule has 4 heteroatoms. The van der Waals surface area contributed by atoms with E-state index >= 15 is 0 Å². The highest BCUT2D eigenvalue weighted by molar-refractivity contribution is 5.87. The van der Waals surface area contributed by atoms with Gasteiger partial charge in [0.05, 0.1) is 0 Å². The molecule has 0 unspecified atom stereocenters. The number of likely N-dealkylation sites (N-methyl/N-ethyl adjacent to an activating group) is 1. The smallest absolute Gasteiger partial charge is 0.239 e. The van der Waals surface area contributed by atoms with E-state index in [1.54, 1.807) is 0 Å². The maximum atomic E-state index is 12.6. The highest BCUT2D eigenvalue weighted by Gasteiger charge is 2.17. The number of hydrogen-bond donors (Lipinski definition) is 1. The van der Waals surface area contributed by atoms with Crippen molar-refractivity contribution in [2.75, 3.05) is 20.1 Å². The molecule has 0 aliphatic heterocycles. The minimum Gasteiger partial charge on any atom is -0.353 e. The van der Waals surface area contributed by atoms with Gasteiger partial charge in [0, 0.05) is 30.8 Å². The van der Waals surface area contributed by atoms with Crippen LogP contribution in [0.5, 0.6) is 0 Å². The standard InChI is InChI=1S/C28H37N3O/c1-21(2)22-9-11-23(12-10-22)25-14-13-24-15-17-31(27(24)19-25)20-28(32)29-16-18-30(3)26-7-5-4-6-8-26/h9-15,17,19,21,26H,4-8,16,18,20H2,1-3H3,(H,29,32). The summed E-state index contributed by atoms with van der Waals surface area (Å²) in [7, 11) is 2.19. The Morgan fingerprint density at radius 2 is 1.75 bits per heavy atom. The summed E-state index contributed by atoms with van der Waals surface area (Å²) in [6.45, 7) is 6.41.